The number of carbonyl (C=O) groups excluding carboxylic acids is 1. The van der Waals surface area contributed by atoms with Crippen LogP contribution in [-0.2, 0) is 21.2 Å². The summed E-state index contributed by atoms with van der Waals surface area (Å²) in [5.41, 5.74) is 1.77. The Bertz CT molecular complexity index is 934. The van der Waals surface area contributed by atoms with E-state index in [9.17, 15) is 13.2 Å². The van der Waals surface area contributed by atoms with Crippen molar-refractivity contribution in [3.05, 3.63) is 50.7 Å². The van der Waals surface area contributed by atoms with E-state index in [1.165, 1.54) is 0 Å². The molecule has 0 saturated carbocycles. The van der Waals surface area contributed by atoms with Crippen molar-refractivity contribution in [3.63, 3.8) is 0 Å². The van der Waals surface area contributed by atoms with Crippen molar-refractivity contribution in [2.45, 2.75) is 45.9 Å². The molecule has 1 amide bonds. The molecule has 3 rings (SSSR count). The Balaban J connectivity index is 1.79. The number of thiophene rings is 1. The van der Waals surface area contributed by atoms with Gasteiger partial charge in [-0.2, -0.15) is 0 Å². The predicted octanol–water partition coefficient (Wildman–Crippen LogP) is 4.00. The van der Waals surface area contributed by atoms with Gasteiger partial charge in [0.05, 0.1) is 18.1 Å². The third kappa shape index (κ3) is 4.88. The smallest absolute Gasteiger partial charge is 0.263 e. The molecule has 0 N–H and O–H groups in total. The van der Waals surface area contributed by atoms with E-state index in [2.05, 4.69) is 0 Å². The quantitative estimate of drug-likeness (QED) is 0.679. The third-order valence-corrected chi connectivity index (χ3v) is 8.12. The molecule has 2 atom stereocenters. The van der Waals surface area contributed by atoms with Crippen LogP contribution in [0.15, 0.2) is 29.6 Å². The molecule has 1 saturated heterocycles. The van der Waals surface area contributed by atoms with Gasteiger partial charge >= 0.3 is 0 Å². The summed E-state index contributed by atoms with van der Waals surface area (Å²) < 4.78 is 29.8. The molecule has 0 radical (unpaired) electrons. The molecule has 1 fully saturated rings. The van der Waals surface area contributed by atoms with E-state index in [1.807, 2.05) is 43.5 Å². The number of ether oxygens (including phenoxy) is 1. The summed E-state index contributed by atoms with van der Waals surface area (Å²) in [5, 5.41) is 2.63. The largest absolute Gasteiger partial charge is 0.481 e. The Kier molecular flexibility index (Phi) is 6.37. The first-order chi connectivity index (χ1) is 13.2. The van der Waals surface area contributed by atoms with E-state index in [0.29, 0.717) is 23.7 Å². The minimum atomic E-state index is -3.10. The van der Waals surface area contributed by atoms with Crippen LogP contribution in [0.4, 0.5) is 0 Å². The van der Waals surface area contributed by atoms with Crippen molar-refractivity contribution >= 4 is 38.7 Å². The molecule has 0 bridgehead atoms. The fourth-order valence-electron chi connectivity index (χ4n) is 3.44. The lowest BCUT2D eigenvalue weighted by atomic mass is 10.1. The lowest BCUT2D eigenvalue weighted by Gasteiger charge is -2.30. The van der Waals surface area contributed by atoms with E-state index in [0.717, 1.165) is 16.0 Å². The van der Waals surface area contributed by atoms with Gasteiger partial charge in [-0.05, 0) is 61.9 Å². The van der Waals surface area contributed by atoms with Gasteiger partial charge in [-0.1, -0.05) is 17.7 Å². The molecule has 2 aromatic rings. The molecule has 2 heterocycles. The Morgan fingerprint density at radius 3 is 2.57 bits per heavy atom. The zero-order valence-corrected chi connectivity index (χ0v) is 18.5. The highest BCUT2D eigenvalue weighted by Crippen LogP contribution is 2.28. The summed E-state index contributed by atoms with van der Waals surface area (Å²) in [5.74, 6) is 0.503. The second-order valence-electron chi connectivity index (χ2n) is 7.23. The van der Waals surface area contributed by atoms with Crippen LogP contribution in [0, 0.1) is 13.8 Å². The van der Waals surface area contributed by atoms with Crippen LogP contribution < -0.4 is 4.74 Å². The maximum atomic E-state index is 13.2. The number of halogens is 1. The van der Waals surface area contributed by atoms with Crippen LogP contribution in [0.25, 0.3) is 0 Å². The fourth-order valence-corrected chi connectivity index (χ4v) is 5.98. The molecular weight excluding hydrogens is 418 g/mol. The normalized spacial score (nSPS) is 19.4. The monoisotopic (exact) mass is 441 g/mol. The van der Waals surface area contributed by atoms with Crippen LogP contribution in [0.5, 0.6) is 5.75 Å². The van der Waals surface area contributed by atoms with E-state index >= 15 is 0 Å². The SMILES string of the molecule is Cc1cc(O[C@H](C)C(=O)N(Cc2cccs2)[C@H]2CCS(=O)(=O)C2)cc(C)c1Cl. The second-order valence-corrected chi connectivity index (χ2v) is 10.9. The Labute approximate surface area is 175 Å². The van der Waals surface area contributed by atoms with Gasteiger partial charge in [0.25, 0.3) is 5.91 Å². The van der Waals surface area contributed by atoms with E-state index in [4.69, 9.17) is 16.3 Å². The van der Waals surface area contributed by atoms with Crippen LogP contribution >= 0.6 is 22.9 Å². The van der Waals surface area contributed by atoms with Crippen LogP contribution in [0.1, 0.15) is 29.3 Å². The summed E-state index contributed by atoms with van der Waals surface area (Å²) >= 11 is 7.75. The average Bonchev–Trinajstić information content (AvgIpc) is 3.26. The van der Waals surface area contributed by atoms with Gasteiger partial charge in [0.2, 0.25) is 0 Å². The molecular formula is C20H24ClNO4S2. The lowest BCUT2D eigenvalue weighted by Crippen LogP contribution is -2.46. The first-order valence-corrected chi connectivity index (χ1v) is 12.2. The summed E-state index contributed by atoms with van der Waals surface area (Å²) in [6.45, 7) is 5.87. The number of aryl methyl sites for hydroxylation is 2. The van der Waals surface area contributed by atoms with Crippen molar-refractivity contribution in [3.8, 4) is 5.75 Å². The first-order valence-electron chi connectivity index (χ1n) is 9.13. The van der Waals surface area contributed by atoms with Crippen molar-refractivity contribution in [2.75, 3.05) is 11.5 Å². The first kappa shape index (κ1) is 21.1. The number of rotatable bonds is 6. The minimum absolute atomic E-state index is 0.00992. The maximum Gasteiger partial charge on any atom is 0.263 e. The highest BCUT2D eigenvalue weighted by molar-refractivity contribution is 7.91. The number of sulfone groups is 1. The maximum absolute atomic E-state index is 13.2. The molecule has 8 heteroatoms. The molecule has 152 valence electrons. The van der Waals surface area contributed by atoms with E-state index < -0.39 is 15.9 Å². The highest BCUT2D eigenvalue weighted by atomic mass is 35.5. The van der Waals surface area contributed by atoms with Crippen LogP contribution in [-0.4, -0.2) is 42.9 Å². The predicted molar refractivity (Wildman–Crippen MR) is 113 cm³/mol. The third-order valence-electron chi connectivity index (χ3n) is 4.91. The number of carbonyl (C=O) groups is 1. The summed E-state index contributed by atoms with van der Waals surface area (Å²) in [4.78, 5) is 15.9. The van der Waals surface area contributed by atoms with E-state index in [-0.39, 0.29) is 23.5 Å². The number of nitrogens with zero attached hydrogens (tertiary/aromatic N) is 1. The number of benzene rings is 1. The van der Waals surface area contributed by atoms with Crippen LogP contribution in [0.3, 0.4) is 0 Å². The number of hydrogen-bond donors (Lipinski definition) is 0. The minimum Gasteiger partial charge on any atom is -0.481 e. The van der Waals surface area contributed by atoms with Gasteiger partial charge in [-0.25, -0.2) is 8.42 Å². The lowest BCUT2D eigenvalue weighted by molar-refractivity contribution is -0.140. The van der Waals surface area contributed by atoms with Gasteiger partial charge in [0, 0.05) is 15.9 Å². The average molecular weight is 442 g/mol. The molecule has 28 heavy (non-hydrogen) atoms. The number of hydrogen-bond acceptors (Lipinski definition) is 5. The number of amides is 1. The molecule has 1 aliphatic heterocycles. The zero-order chi connectivity index (χ0) is 20.5. The van der Waals surface area contributed by atoms with Gasteiger partial charge < -0.3 is 9.64 Å². The van der Waals surface area contributed by atoms with Crippen molar-refractivity contribution in [1.29, 1.82) is 0 Å². The second kappa shape index (κ2) is 8.43. The summed E-state index contributed by atoms with van der Waals surface area (Å²) in [6, 6.07) is 7.17. The molecule has 1 aliphatic rings. The summed E-state index contributed by atoms with van der Waals surface area (Å²) in [6.07, 6.45) is -0.269. The molecule has 5 nitrogen and oxygen atoms in total. The van der Waals surface area contributed by atoms with Crippen LogP contribution in [0.2, 0.25) is 5.02 Å². The van der Waals surface area contributed by atoms with Gasteiger partial charge in [-0.15, -0.1) is 11.3 Å². The fraction of sp³-hybridized carbons (Fsp3) is 0.450. The standard InChI is InChI=1S/C20H24ClNO4S2/c1-13-9-17(10-14(2)19(13)21)26-15(3)20(23)22(11-18-5-4-7-27-18)16-6-8-28(24,25)12-16/h4-5,7,9-10,15-16H,6,8,11-12H2,1-3H3/t15-,16+/m1/s1. The summed E-state index contributed by atoms with van der Waals surface area (Å²) in [7, 11) is -3.10. The van der Waals surface area contributed by atoms with Crippen molar-refractivity contribution < 1.29 is 17.9 Å². The van der Waals surface area contributed by atoms with Gasteiger partial charge in [-0.3, -0.25) is 4.79 Å². The highest BCUT2D eigenvalue weighted by Gasteiger charge is 2.36. The zero-order valence-electron chi connectivity index (χ0n) is 16.1. The topological polar surface area (TPSA) is 63.7 Å². The Hall–Kier alpha value is -1.57. The van der Waals surface area contributed by atoms with Gasteiger partial charge in [0.15, 0.2) is 15.9 Å². The van der Waals surface area contributed by atoms with Crippen molar-refractivity contribution in [2.24, 2.45) is 0 Å². The molecule has 1 aromatic heterocycles. The van der Waals surface area contributed by atoms with Gasteiger partial charge in [0.1, 0.15) is 5.75 Å². The Morgan fingerprint density at radius 2 is 2.04 bits per heavy atom. The van der Waals surface area contributed by atoms with Crippen molar-refractivity contribution in [1.82, 2.24) is 4.90 Å². The molecule has 1 aromatic carbocycles. The van der Waals surface area contributed by atoms with E-state index in [1.54, 1.807) is 23.2 Å². The molecule has 0 aliphatic carbocycles. The molecule has 0 unspecified atom stereocenters. The Morgan fingerprint density at radius 1 is 1.36 bits per heavy atom. The molecule has 0 spiro atoms.